The van der Waals surface area contributed by atoms with Crippen LogP contribution in [0, 0.1) is 0 Å². The van der Waals surface area contributed by atoms with Gasteiger partial charge in [-0.1, -0.05) is 0 Å². The number of carbonyl (C=O) groups is 6. The number of allylic oxidation sites excluding steroid dienone is 4. The minimum atomic E-state index is -0.424. The molecule has 0 aromatic rings. The maximum absolute atomic E-state index is 13.9. The molecule has 0 amide bonds. The summed E-state index contributed by atoms with van der Waals surface area (Å²) in [6.45, 7) is 13.9. The average Bonchev–Trinajstić information content (AvgIpc) is 2.87. The SMILES string of the molecule is CC(C)OC(=O)CCSC1=C(SCCC(=O)OC(C)C)C(=O)C(SCCC(=O)OC(C)C)=C(SCCC(=O)OC(C)C)C1=O. The monoisotopic (exact) mass is 692 g/mol. The molecule has 0 aromatic heterocycles. The second-order valence-electron chi connectivity index (χ2n) is 10.5. The zero-order valence-corrected chi connectivity index (χ0v) is 29.9. The highest BCUT2D eigenvalue weighted by Crippen LogP contribution is 2.44. The molecule has 0 bridgehead atoms. The first-order valence-electron chi connectivity index (χ1n) is 14.5. The Morgan fingerprint density at radius 3 is 0.773 bits per heavy atom. The van der Waals surface area contributed by atoms with Crippen LogP contribution in [0.2, 0.25) is 0 Å². The second-order valence-corrected chi connectivity index (χ2v) is 14.9. The molecule has 0 atom stereocenters. The predicted octanol–water partition coefficient (Wildman–Crippen LogP) is 5.86. The summed E-state index contributed by atoms with van der Waals surface area (Å²) in [5, 5.41) is 0. The zero-order chi connectivity index (χ0) is 33.4. The first kappa shape index (κ1) is 40.1. The Morgan fingerprint density at radius 2 is 0.614 bits per heavy atom. The molecular formula is C30H44O10S4. The molecule has 1 aliphatic carbocycles. The van der Waals surface area contributed by atoms with Crippen LogP contribution in [-0.4, -0.2) is 82.9 Å². The smallest absolute Gasteiger partial charge is 0.306 e. The van der Waals surface area contributed by atoms with Gasteiger partial charge in [-0.25, -0.2) is 0 Å². The third-order valence-electron chi connectivity index (χ3n) is 4.92. The van der Waals surface area contributed by atoms with Crippen LogP contribution in [0.15, 0.2) is 19.6 Å². The van der Waals surface area contributed by atoms with Crippen LogP contribution >= 0.6 is 47.0 Å². The molecule has 248 valence electrons. The Hall–Kier alpha value is -1.90. The van der Waals surface area contributed by atoms with Crippen molar-refractivity contribution in [3.05, 3.63) is 19.6 Å². The Kier molecular flexibility index (Phi) is 19.1. The van der Waals surface area contributed by atoms with E-state index < -0.39 is 35.4 Å². The molecular weight excluding hydrogens is 649 g/mol. The summed E-state index contributed by atoms with van der Waals surface area (Å²) in [5.74, 6) is -1.73. The molecule has 0 aromatic carbocycles. The summed E-state index contributed by atoms with van der Waals surface area (Å²) in [6, 6.07) is 0. The Bertz CT molecular complexity index is 943. The van der Waals surface area contributed by atoms with Crippen LogP contribution in [0.4, 0.5) is 0 Å². The van der Waals surface area contributed by atoms with Crippen molar-refractivity contribution in [3.8, 4) is 0 Å². The molecule has 44 heavy (non-hydrogen) atoms. The third kappa shape index (κ3) is 15.9. The maximum atomic E-state index is 13.9. The van der Waals surface area contributed by atoms with Gasteiger partial charge in [-0.3, -0.25) is 28.8 Å². The van der Waals surface area contributed by atoms with Gasteiger partial charge in [0.2, 0.25) is 11.6 Å². The van der Waals surface area contributed by atoms with E-state index in [0.29, 0.717) is 0 Å². The standard InChI is InChI=1S/C30H44O10S4/c1-17(2)37-21(31)9-13-41-27-25(35)29(43-15-11-23(33)39-19(5)6)30(44-16-12-24(34)40-20(7)8)26(36)28(27)42-14-10-22(32)38-18(3)4/h17-20H,9-16H2,1-8H3. The van der Waals surface area contributed by atoms with Gasteiger partial charge in [-0.15, -0.1) is 47.0 Å². The summed E-state index contributed by atoms with van der Waals surface area (Å²) < 4.78 is 20.8. The number of carbonyl (C=O) groups excluding carboxylic acids is 6. The molecule has 0 fully saturated rings. The zero-order valence-electron chi connectivity index (χ0n) is 26.7. The number of rotatable bonds is 20. The molecule has 0 unspecified atom stereocenters. The third-order valence-corrected chi connectivity index (χ3v) is 9.52. The summed E-state index contributed by atoms with van der Waals surface area (Å²) >= 11 is 4.32. The predicted molar refractivity (Wildman–Crippen MR) is 177 cm³/mol. The lowest BCUT2D eigenvalue weighted by Crippen LogP contribution is -2.22. The first-order chi connectivity index (χ1) is 20.6. The van der Waals surface area contributed by atoms with E-state index >= 15 is 0 Å². The van der Waals surface area contributed by atoms with Crippen LogP contribution < -0.4 is 0 Å². The molecule has 10 nitrogen and oxygen atoms in total. The fourth-order valence-electron chi connectivity index (χ4n) is 3.38. The summed E-state index contributed by atoms with van der Waals surface area (Å²) in [7, 11) is 0. The van der Waals surface area contributed by atoms with Crippen LogP contribution in [0.1, 0.15) is 81.1 Å². The number of ketones is 2. The van der Waals surface area contributed by atoms with E-state index in [0.717, 1.165) is 47.0 Å². The molecule has 0 radical (unpaired) electrons. The van der Waals surface area contributed by atoms with Crippen molar-refractivity contribution in [1.82, 2.24) is 0 Å². The summed E-state index contributed by atoms with van der Waals surface area (Å²) in [4.78, 5) is 77.1. The van der Waals surface area contributed by atoms with Gasteiger partial charge in [0.25, 0.3) is 0 Å². The molecule has 0 heterocycles. The van der Waals surface area contributed by atoms with Gasteiger partial charge in [0.15, 0.2) is 0 Å². The van der Waals surface area contributed by atoms with Gasteiger partial charge < -0.3 is 18.9 Å². The van der Waals surface area contributed by atoms with Crippen molar-refractivity contribution >= 4 is 82.5 Å². The maximum Gasteiger partial charge on any atom is 0.306 e. The van der Waals surface area contributed by atoms with E-state index in [1.165, 1.54) is 0 Å². The first-order valence-corrected chi connectivity index (χ1v) is 18.4. The van der Waals surface area contributed by atoms with Crippen LogP contribution in [0.5, 0.6) is 0 Å². The number of thioether (sulfide) groups is 4. The molecule has 0 spiro atoms. The lowest BCUT2D eigenvalue weighted by atomic mass is 10.1. The quantitative estimate of drug-likeness (QED) is 0.0855. The highest BCUT2D eigenvalue weighted by molar-refractivity contribution is 8.10. The fraction of sp³-hybridized carbons (Fsp3) is 0.667. The number of esters is 4. The number of hydrogen-bond acceptors (Lipinski definition) is 14. The summed E-state index contributed by atoms with van der Waals surface area (Å²) in [6.07, 6.45) is -1.03. The van der Waals surface area contributed by atoms with Crippen molar-refractivity contribution in [3.63, 3.8) is 0 Å². The highest BCUT2D eigenvalue weighted by atomic mass is 32.2. The van der Waals surface area contributed by atoms with E-state index in [1.807, 2.05) is 0 Å². The van der Waals surface area contributed by atoms with Gasteiger partial charge in [0, 0.05) is 23.0 Å². The molecule has 0 N–H and O–H groups in total. The van der Waals surface area contributed by atoms with Crippen molar-refractivity contribution in [2.75, 3.05) is 23.0 Å². The van der Waals surface area contributed by atoms with Crippen molar-refractivity contribution in [1.29, 1.82) is 0 Å². The average molecular weight is 693 g/mol. The molecule has 0 saturated carbocycles. The normalized spacial score (nSPS) is 13.8. The molecule has 0 aliphatic heterocycles. The van der Waals surface area contributed by atoms with Crippen molar-refractivity contribution < 1.29 is 47.7 Å². The van der Waals surface area contributed by atoms with Crippen LogP contribution in [-0.2, 0) is 47.7 Å². The van der Waals surface area contributed by atoms with Gasteiger partial charge >= 0.3 is 23.9 Å². The minimum Gasteiger partial charge on any atom is -0.463 e. The largest absolute Gasteiger partial charge is 0.463 e. The van der Waals surface area contributed by atoms with Crippen LogP contribution in [0.25, 0.3) is 0 Å². The minimum absolute atomic E-state index is 0.0271. The van der Waals surface area contributed by atoms with E-state index in [9.17, 15) is 28.8 Å². The lowest BCUT2D eigenvalue weighted by Gasteiger charge is -2.23. The molecule has 14 heteroatoms. The Labute approximate surface area is 277 Å². The van der Waals surface area contributed by atoms with E-state index in [4.69, 9.17) is 18.9 Å². The number of ether oxygens (including phenoxy) is 4. The van der Waals surface area contributed by atoms with Gasteiger partial charge in [0.05, 0.1) is 69.7 Å². The number of Topliss-reactive ketones (excluding diaryl/α,β-unsaturated/α-hetero) is 2. The summed E-state index contributed by atoms with van der Waals surface area (Å²) in [5.41, 5.74) is 0. The van der Waals surface area contributed by atoms with Crippen molar-refractivity contribution in [2.45, 2.75) is 105 Å². The topological polar surface area (TPSA) is 139 Å². The highest BCUT2D eigenvalue weighted by Gasteiger charge is 2.36. The van der Waals surface area contributed by atoms with Crippen LogP contribution in [0.3, 0.4) is 0 Å². The van der Waals surface area contributed by atoms with Crippen molar-refractivity contribution in [2.24, 2.45) is 0 Å². The molecule has 1 rings (SSSR count). The fourth-order valence-corrected chi connectivity index (χ4v) is 7.93. The van der Waals surface area contributed by atoms with Gasteiger partial charge in [-0.2, -0.15) is 0 Å². The molecule has 0 saturated heterocycles. The van der Waals surface area contributed by atoms with Gasteiger partial charge in [0.1, 0.15) is 0 Å². The molecule has 1 aliphatic rings. The van der Waals surface area contributed by atoms with Gasteiger partial charge in [-0.05, 0) is 55.4 Å². The Balaban J connectivity index is 3.30. The second kappa shape index (κ2) is 21.0. The number of hydrogen-bond donors (Lipinski definition) is 0. The van der Waals surface area contributed by atoms with E-state index in [-0.39, 0.29) is 92.7 Å². The van der Waals surface area contributed by atoms with E-state index in [2.05, 4.69) is 0 Å². The van der Waals surface area contributed by atoms with E-state index in [1.54, 1.807) is 55.4 Å². The Morgan fingerprint density at radius 1 is 0.432 bits per heavy atom. The lowest BCUT2D eigenvalue weighted by molar-refractivity contribution is -0.147.